The second-order valence-corrected chi connectivity index (χ2v) is 4.37. The first-order valence-electron chi connectivity index (χ1n) is 6.25. The molecule has 1 aromatic carbocycles. The van der Waals surface area contributed by atoms with Crippen molar-refractivity contribution in [3.8, 4) is 11.8 Å². The van der Waals surface area contributed by atoms with Gasteiger partial charge in [0.05, 0.1) is 17.8 Å². The van der Waals surface area contributed by atoms with Crippen molar-refractivity contribution in [3.63, 3.8) is 0 Å². The lowest BCUT2D eigenvalue weighted by atomic mass is 10.1. The molecular formula is C15H14FN3O2. The van der Waals surface area contributed by atoms with E-state index in [9.17, 15) is 9.18 Å². The average Bonchev–Trinajstić information content (AvgIpc) is 2.77. The lowest BCUT2D eigenvalue weighted by Crippen LogP contribution is -2.14. The predicted octanol–water partition coefficient (Wildman–Crippen LogP) is 1.99. The van der Waals surface area contributed by atoms with Crippen LogP contribution in [0.5, 0.6) is 0 Å². The molecule has 0 saturated heterocycles. The summed E-state index contributed by atoms with van der Waals surface area (Å²) >= 11 is 0. The Labute approximate surface area is 121 Å². The van der Waals surface area contributed by atoms with Crippen molar-refractivity contribution >= 4 is 11.8 Å². The lowest BCUT2D eigenvalue weighted by molar-refractivity contribution is 0.102. The summed E-state index contributed by atoms with van der Waals surface area (Å²) in [5, 5.41) is 6.35. The van der Waals surface area contributed by atoms with Gasteiger partial charge in [0.1, 0.15) is 5.82 Å². The molecule has 1 aromatic heterocycles. The van der Waals surface area contributed by atoms with Crippen LogP contribution in [0.3, 0.4) is 0 Å². The lowest BCUT2D eigenvalue weighted by Gasteiger charge is -2.05. The van der Waals surface area contributed by atoms with Crippen molar-refractivity contribution < 1.29 is 13.7 Å². The highest BCUT2D eigenvalue weighted by atomic mass is 19.1. The van der Waals surface area contributed by atoms with Gasteiger partial charge in [-0.1, -0.05) is 17.0 Å². The number of nitrogens with one attached hydrogen (secondary N) is 1. The fourth-order valence-corrected chi connectivity index (χ4v) is 1.67. The van der Waals surface area contributed by atoms with Crippen LogP contribution in [0, 0.1) is 31.5 Å². The maximum atomic E-state index is 13.3. The molecule has 1 amide bonds. The van der Waals surface area contributed by atoms with Crippen LogP contribution in [-0.4, -0.2) is 17.6 Å². The van der Waals surface area contributed by atoms with Gasteiger partial charge in [-0.15, -0.1) is 0 Å². The Kier molecular flexibility index (Phi) is 4.36. The normalized spacial score (nSPS) is 9.90. The van der Waals surface area contributed by atoms with Gasteiger partial charge in [-0.05, 0) is 32.0 Å². The van der Waals surface area contributed by atoms with Crippen molar-refractivity contribution in [1.29, 1.82) is 0 Å². The van der Waals surface area contributed by atoms with E-state index in [-0.39, 0.29) is 23.6 Å². The molecule has 108 valence electrons. The molecule has 3 N–H and O–H groups in total. The predicted molar refractivity (Wildman–Crippen MR) is 76.3 cm³/mol. The highest BCUT2D eigenvalue weighted by Gasteiger charge is 2.16. The summed E-state index contributed by atoms with van der Waals surface area (Å²) in [5.74, 6) is 4.62. The van der Waals surface area contributed by atoms with Crippen LogP contribution < -0.4 is 11.1 Å². The SMILES string of the molecule is Cc1noc(NC(=O)c2ccc(F)cc2C#CCN)c1C. The summed E-state index contributed by atoms with van der Waals surface area (Å²) in [4.78, 5) is 12.3. The molecule has 5 nitrogen and oxygen atoms in total. The molecule has 21 heavy (non-hydrogen) atoms. The number of halogens is 1. The number of aromatic nitrogens is 1. The first-order chi connectivity index (χ1) is 10.0. The fourth-order valence-electron chi connectivity index (χ4n) is 1.67. The monoisotopic (exact) mass is 287 g/mol. The molecule has 2 rings (SSSR count). The Morgan fingerprint density at radius 2 is 2.24 bits per heavy atom. The van der Waals surface area contributed by atoms with Crippen LogP contribution in [-0.2, 0) is 0 Å². The van der Waals surface area contributed by atoms with E-state index in [2.05, 4.69) is 22.3 Å². The third-order valence-electron chi connectivity index (χ3n) is 2.94. The van der Waals surface area contributed by atoms with Crippen LogP contribution in [0.15, 0.2) is 22.7 Å². The number of nitrogens with two attached hydrogens (primary N) is 1. The number of hydrogen-bond acceptors (Lipinski definition) is 4. The summed E-state index contributed by atoms with van der Waals surface area (Å²) in [6.07, 6.45) is 0. The Bertz CT molecular complexity index is 741. The van der Waals surface area contributed by atoms with Crippen molar-refractivity contribution in [2.45, 2.75) is 13.8 Å². The number of hydrogen-bond donors (Lipinski definition) is 2. The summed E-state index contributed by atoms with van der Waals surface area (Å²) in [5.41, 5.74) is 7.23. The van der Waals surface area contributed by atoms with Crippen molar-refractivity contribution in [2.75, 3.05) is 11.9 Å². The van der Waals surface area contributed by atoms with Crippen LogP contribution in [0.4, 0.5) is 10.3 Å². The number of nitrogens with zero attached hydrogens (tertiary/aromatic N) is 1. The minimum absolute atomic E-state index is 0.123. The first kappa shape index (κ1) is 14.8. The van der Waals surface area contributed by atoms with Crippen LogP contribution in [0.1, 0.15) is 27.2 Å². The summed E-state index contributed by atoms with van der Waals surface area (Å²) in [6.45, 7) is 3.67. The molecule has 0 aliphatic heterocycles. The Balaban J connectivity index is 2.33. The maximum Gasteiger partial charge on any atom is 0.259 e. The molecule has 0 bridgehead atoms. The van der Waals surface area contributed by atoms with E-state index in [0.29, 0.717) is 5.69 Å². The summed E-state index contributed by atoms with van der Waals surface area (Å²) < 4.78 is 18.3. The Morgan fingerprint density at radius 3 is 2.86 bits per heavy atom. The smallest absolute Gasteiger partial charge is 0.259 e. The molecule has 0 radical (unpaired) electrons. The number of amides is 1. The number of benzene rings is 1. The second kappa shape index (κ2) is 6.20. The van der Waals surface area contributed by atoms with Gasteiger partial charge < -0.3 is 10.3 Å². The van der Waals surface area contributed by atoms with Gasteiger partial charge in [0.25, 0.3) is 5.91 Å². The number of anilines is 1. The molecule has 0 unspecified atom stereocenters. The van der Waals surface area contributed by atoms with Crippen molar-refractivity contribution in [1.82, 2.24) is 5.16 Å². The molecule has 2 aromatic rings. The van der Waals surface area contributed by atoms with E-state index in [1.165, 1.54) is 18.2 Å². The van der Waals surface area contributed by atoms with E-state index >= 15 is 0 Å². The van der Waals surface area contributed by atoms with Gasteiger partial charge in [-0.25, -0.2) is 4.39 Å². The van der Waals surface area contributed by atoms with E-state index in [4.69, 9.17) is 10.3 Å². The zero-order valence-corrected chi connectivity index (χ0v) is 11.7. The molecule has 0 spiro atoms. The quantitative estimate of drug-likeness (QED) is 0.828. The van der Waals surface area contributed by atoms with Crippen molar-refractivity contribution in [3.05, 3.63) is 46.4 Å². The molecular weight excluding hydrogens is 273 g/mol. The zero-order chi connectivity index (χ0) is 15.4. The first-order valence-corrected chi connectivity index (χ1v) is 6.25. The minimum atomic E-state index is -0.473. The Morgan fingerprint density at radius 1 is 1.48 bits per heavy atom. The summed E-state index contributed by atoms with van der Waals surface area (Å²) in [6, 6.07) is 3.75. The topological polar surface area (TPSA) is 81.2 Å². The molecule has 0 aliphatic rings. The van der Waals surface area contributed by atoms with E-state index in [1.54, 1.807) is 13.8 Å². The van der Waals surface area contributed by atoms with E-state index < -0.39 is 11.7 Å². The summed E-state index contributed by atoms with van der Waals surface area (Å²) in [7, 11) is 0. The average molecular weight is 287 g/mol. The molecule has 0 saturated carbocycles. The van der Waals surface area contributed by atoms with Gasteiger partial charge in [-0.3, -0.25) is 10.1 Å². The van der Waals surface area contributed by atoms with Gasteiger partial charge >= 0.3 is 0 Å². The molecule has 0 atom stereocenters. The van der Waals surface area contributed by atoms with Crippen LogP contribution in [0.25, 0.3) is 0 Å². The van der Waals surface area contributed by atoms with Gasteiger partial charge in [0.2, 0.25) is 5.88 Å². The van der Waals surface area contributed by atoms with Crippen LogP contribution in [0.2, 0.25) is 0 Å². The zero-order valence-electron chi connectivity index (χ0n) is 11.7. The van der Waals surface area contributed by atoms with E-state index in [0.717, 1.165) is 5.56 Å². The number of carbonyl (C=O) groups excluding carboxylic acids is 1. The van der Waals surface area contributed by atoms with Crippen LogP contribution >= 0.6 is 0 Å². The molecule has 0 aliphatic carbocycles. The van der Waals surface area contributed by atoms with Gasteiger partial charge in [0, 0.05) is 11.1 Å². The number of rotatable bonds is 2. The largest absolute Gasteiger partial charge is 0.338 e. The fraction of sp³-hybridized carbons (Fsp3) is 0.200. The molecule has 6 heteroatoms. The third-order valence-corrected chi connectivity index (χ3v) is 2.94. The van der Waals surface area contributed by atoms with Crippen molar-refractivity contribution in [2.24, 2.45) is 5.73 Å². The van der Waals surface area contributed by atoms with E-state index in [1.807, 2.05) is 0 Å². The second-order valence-electron chi connectivity index (χ2n) is 4.37. The number of aryl methyl sites for hydroxylation is 1. The van der Waals surface area contributed by atoms with Gasteiger partial charge in [0.15, 0.2) is 0 Å². The molecule has 1 heterocycles. The minimum Gasteiger partial charge on any atom is -0.338 e. The standard InChI is InChI=1S/C15H14FN3O2/c1-9-10(2)19-21-15(9)18-14(20)13-6-5-12(16)8-11(13)4-3-7-17/h5-6,8H,7,17H2,1-2H3,(H,18,20). The van der Waals surface area contributed by atoms with Gasteiger partial charge in [-0.2, -0.15) is 0 Å². The highest BCUT2D eigenvalue weighted by molar-refractivity contribution is 6.05. The molecule has 0 fully saturated rings. The number of carbonyl (C=O) groups is 1. The highest BCUT2D eigenvalue weighted by Crippen LogP contribution is 2.19. The Hall–Kier alpha value is -2.65. The third kappa shape index (κ3) is 3.27. The maximum absolute atomic E-state index is 13.3.